The van der Waals surface area contributed by atoms with E-state index in [0.717, 1.165) is 88.1 Å². The van der Waals surface area contributed by atoms with E-state index in [1.807, 2.05) is 18.0 Å². The van der Waals surface area contributed by atoms with Gasteiger partial charge in [-0.2, -0.15) is 0 Å². The summed E-state index contributed by atoms with van der Waals surface area (Å²) in [6.45, 7) is 18.6. The molecule has 6 bridgehead atoms. The van der Waals surface area contributed by atoms with Crippen molar-refractivity contribution in [2.24, 2.45) is 11.3 Å². The molecule has 0 spiro atoms. The van der Waals surface area contributed by atoms with E-state index in [2.05, 4.69) is 108 Å². The van der Waals surface area contributed by atoms with Crippen LogP contribution in [0.5, 0.6) is 0 Å². The number of fused-ring (bicyclic) bond motifs is 9. The number of hydrazine groups is 1. The van der Waals surface area contributed by atoms with Crippen molar-refractivity contribution in [3.05, 3.63) is 52.1 Å². The van der Waals surface area contributed by atoms with Crippen molar-refractivity contribution in [3.8, 4) is 22.5 Å². The molecule has 6 aliphatic rings. The molecule has 5 unspecified atom stereocenters. The molecule has 3 aromatic heterocycles. The Morgan fingerprint density at radius 2 is 1.90 bits per heavy atom. The van der Waals surface area contributed by atoms with Crippen LogP contribution in [-0.2, 0) is 46.4 Å². The van der Waals surface area contributed by atoms with Crippen molar-refractivity contribution in [1.82, 2.24) is 40.1 Å². The first kappa shape index (κ1) is 47.4. The average Bonchev–Trinajstić information content (AvgIpc) is 3.88. The van der Waals surface area contributed by atoms with Gasteiger partial charge in [-0.05, 0) is 71.3 Å². The first-order valence-electron chi connectivity index (χ1n) is 24.1. The fourth-order valence-corrected chi connectivity index (χ4v) is 14.1. The van der Waals surface area contributed by atoms with Crippen LogP contribution in [0.2, 0.25) is 0 Å². The van der Waals surface area contributed by atoms with Crippen molar-refractivity contribution < 1.29 is 28.5 Å². The van der Waals surface area contributed by atoms with Crippen molar-refractivity contribution in [2.75, 3.05) is 72.1 Å². The highest BCUT2D eigenvalue weighted by Crippen LogP contribution is 2.61. The molecule has 18 heteroatoms. The zero-order chi connectivity index (χ0) is 47.1. The van der Waals surface area contributed by atoms with E-state index in [9.17, 15) is 9.59 Å². The summed E-state index contributed by atoms with van der Waals surface area (Å²) in [6.07, 6.45) is 3.09. The second-order valence-corrected chi connectivity index (χ2v) is 23.1. The Labute approximate surface area is 408 Å². The lowest BCUT2D eigenvalue weighted by Gasteiger charge is -2.48. The normalized spacial score (nSPS) is 31.1. The maximum Gasteiger partial charge on any atom is 0.324 e. The molecule has 2 N–H and O–H groups in total. The highest BCUT2D eigenvalue weighted by molar-refractivity contribution is 8.07. The summed E-state index contributed by atoms with van der Waals surface area (Å²) in [4.78, 5) is 45.8. The Kier molecular flexibility index (Phi) is 13.1. The molecule has 10 atom stereocenters. The van der Waals surface area contributed by atoms with Crippen molar-refractivity contribution in [2.45, 2.75) is 119 Å². The van der Waals surface area contributed by atoms with Crippen LogP contribution in [-0.4, -0.2) is 150 Å². The Morgan fingerprint density at radius 3 is 2.64 bits per heavy atom. The molecule has 4 saturated heterocycles. The fraction of sp³-hybridized carbons (Fsp3) is 0.633. The summed E-state index contributed by atoms with van der Waals surface area (Å²) < 4.78 is 27.7. The number of hydrogen-bond acceptors (Lipinski definition) is 16. The minimum atomic E-state index is -1.19. The van der Waals surface area contributed by atoms with E-state index in [4.69, 9.17) is 41.5 Å². The quantitative estimate of drug-likeness (QED) is 0.0809. The van der Waals surface area contributed by atoms with Crippen LogP contribution in [0, 0.1) is 11.3 Å². The molecule has 0 saturated carbocycles. The smallest absolute Gasteiger partial charge is 0.324 e. The van der Waals surface area contributed by atoms with Gasteiger partial charge >= 0.3 is 5.97 Å². The van der Waals surface area contributed by atoms with Gasteiger partial charge in [0.25, 0.3) is 0 Å². The lowest BCUT2D eigenvalue weighted by atomic mass is 9.66. The molecule has 0 radical (unpaired) electrons. The number of nitrogens with zero attached hydrogens (tertiary/aromatic N) is 7. The highest BCUT2D eigenvalue weighted by Gasteiger charge is 2.56. The molecule has 4 fully saturated rings. The third-order valence-electron chi connectivity index (χ3n) is 15.4. The lowest BCUT2D eigenvalue weighted by molar-refractivity contribution is -0.157. The molecule has 10 rings (SSSR count). The van der Waals surface area contributed by atoms with Gasteiger partial charge < -0.3 is 33.3 Å². The number of hydrogen-bond donors (Lipinski definition) is 3. The number of cyclic esters (lactones) is 1. The average molecular weight is 974 g/mol. The number of benzene rings is 1. The number of methoxy groups -OCH3 is 2. The molecule has 5 aliphatic heterocycles. The van der Waals surface area contributed by atoms with Crippen LogP contribution in [0.4, 0.5) is 5.69 Å². The second kappa shape index (κ2) is 18.5. The maximum absolute atomic E-state index is 15.0. The monoisotopic (exact) mass is 973 g/mol. The summed E-state index contributed by atoms with van der Waals surface area (Å²) in [5, 5.41) is 9.77. The van der Waals surface area contributed by atoms with Crippen LogP contribution in [0.1, 0.15) is 76.6 Å². The molecule has 1 aliphatic carbocycles. The summed E-state index contributed by atoms with van der Waals surface area (Å²) in [5.74, 6) is -1.45. The van der Waals surface area contributed by atoms with Crippen molar-refractivity contribution in [1.29, 1.82) is 0 Å². The first-order chi connectivity index (χ1) is 32.1. The Bertz CT molecular complexity index is 2510. The minimum absolute atomic E-state index is 0.0802. The molecular weight excluding hydrogens is 907 g/mol. The van der Waals surface area contributed by atoms with Crippen LogP contribution < -0.4 is 15.6 Å². The zero-order valence-corrected chi connectivity index (χ0v) is 42.8. The van der Waals surface area contributed by atoms with Gasteiger partial charge in [-0.15, -0.1) is 35.7 Å². The largest absolute Gasteiger partial charge is 0.464 e. The molecular formula is C49H67N9O6S3. The number of piperazine rings is 1. The molecule has 15 nitrogen and oxygen atoms in total. The number of thioether (sulfide) groups is 1. The summed E-state index contributed by atoms with van der Waals surface area (Å²) >= 11 is 8.94. The number of carbonyl (C=O) groups excluding carboxylic acids is 2. The standard InChI is InChI=1S/C49H67N9O6S3/c1-10-56-37-14-13-30-20-33(37)39-40(56)34-21-31(55-18-16-54(7)17-19-55)23-50-43(34)49(65,62-9)42(39)48(5,6)26-64-45(60)35-12-11-15-57(53-35)44(59)32(22-38-52-36(30)25-66-38)28(3)51-47(61-8)58-27(2)24-63-46-41(67-46)29(58)4/h13-14,20-21,23,25,27-29,32,35,41-42,46-47,51,53,65H,10-12,15-19,22,24,26H2,1-9H3/t27-,28?,29-,32+,35-,41?,42?,46?,47?,49+/m0/s1. The van der Waals surface area contributed by atoms with Gasteiger partial charge in [0.2, 0.25) is 5.91 Å². The first-order valence-corrected chi connectivity index (χ1v) is 26.3. The predicted molar refractivity (Wildman–Crippen MR) is 267 cm³/mol. The number of ether oxygens (including phenoxy) is 4. The highest BCUT2D eigenvalue weighted by atomic mass is 32.2. The fourth-order valence-electron chi connectivity index (χ4n) is 11.6. The number of carbonyl (C=O) groups is 2. The Morgan fingerprint density at radius 1 is 1.10 bits per heavy atom. The number of likely N-dealkylation sites (N-methyl/N-ethyl adjacent to an activating group) is 1. The number of anilines is 1. The number of pyridine rings is 1. The van der Waals surface area contributed by atoms with Gasteiger partial charge in [0.05, 0.1) is 58.4 Å². The van der Waals surface area contributed by atoms with Crippen LogP contribution in [0.25, 0.3) is 33.4 Å². The lowest BCUT2D eigenvalue weighted by Crippen LogP contribution is -2.62. The van der Waals surface area contributed by atoms with Crippen LogP contribution in [0.3, 0.4) is 0 Å². The number of thiol groups is 1. The van der Waals surface area contributed by atoms with Gasteiger partial charge in [-0.25, -0.2) is 10.4 Å². The molecule has 1 amide bonds. The summed E-state index contributed by atoms with van der Waals surface area (Å²) in [6, 6.07) is 8.18. The second-order valence-electron chi connectivity index (χ2n) is 20.2. The third-order valence-corrected chi connectivity index (χ3v) is 18.2. The molecule has 4 aromatic rings. The SMILES string of the molecule is CCn1c2c3c4cc(ccc41)-c1csc(n1)C[C@H](C(C)NC(OC)N1[C@@H](C)COC4SC4[C@@H]1C)C(=O)N1CCC[C@H](N1)C(=O)OCC(C)(C)C3[C@](S)(OC)c1ncc(N3CCN(C)CC3)cc1-2. The number of rotatable bonds is 8. The number of aryl methyl sites for hydroxylation is 1. The number of esters is 1. The minimum Gasteiger partial charge on any atom is -0.464 e. The van der Waals surface area contributed by atoms with E-state index in [1.54, 1.807) is 30.6 Å². The Hall–Kier alpha value is -3.30. The topological polar surface area (TPSA) is 139 Å². The van der Waals surface area contributed by atoms with E-state index < -0.39 is 40.5 Å². The number of nitrogens with one attached hydrogen (secondary N) is 2. The van der Waals surface area contributed by atoms with E-state index in [1.165, 1.54) is 0 Å². The third kappa shape index (κ3) is 8.41. The summed E-state index contributed by atoms with van der Waals surface area (Å²) in [7, 11) is 5.59. The molecule has 362 valence electrons. The van der Waals surface area contributed by atoms with E-state index in [0.29, 0.717) is 37.7 Å². The number of thiazole rings is 1. The van der Waals surface area contributed by atoms with Crippen LogP contribution >= 0.6 is 35.7 Å². The predicted octanol–water partition coefficient (Wildman–Crippen LogP) is 6.12. The molecule has 8 heterocycles. The number of aromatic nitrogens is 3. The van der Waals surface area contributed by atoms with E-state index >= 15 is 0 Å². The Balaban J connectivity index is 1.08. The van der Waals surface area contributed by atoms with Crippen molar-refractivity contribution >= 4 is 64.2 Å². The van der Waals surface area contributed by atoms with Gasteiger partial charge in [0.1, 0.15) is 11.5 Å². The van der Waals surface area contributed by atoms with Crippen molar-refractivity contribution in [3.63, 3.8) is 0 Å². The van der Waals surface area contributed by atoms with Crippen LogP contribution in [0.15, 0.2) is 35.8 Å². The van der Waals surface area contributed by atoms with Gasteiger partial charge in [-0.3, -0.25) is 29.8 Å². The molecule has 67 heavy (non-hydrogen) atoms. The maximum atomic E-state index is 15.0. The molecule has 1 aromatic carbocycles. The van der Waals surface area contributed by atoms with Gasteiger partial charge in [0, 0.05) is 117 Å². The number of amides is 1. The van der Waals surface area contributed by atoms with Gasteiger partial charge in [0.15, 0.2) is 11.3 Å². The van der Waals surface area contributed by atoms with Gasteiger partial charge in [-0.1, -0.05) is 19.9 Å². The zero-order valence-electron chi connectivity index (χ0n) is 40.3. The van der Waals surface area contributed by atoms with E-state index in [-0.39, 0.29) is 36.1 Å². The summed E-state index contributed by atoms with van der Waals surface area (Å²) in [5.41, 5.74) is 10.7.